The number of hydrogen-bond donors (Lipinski definition) is 1. The van der Waals surface area contributed by atoms with Crippen LogP contribution in [0.5, 0.6) is 0 Å². The van der Waals surface area contributed by atoms with Gasteiger partial charge >= 0.3 is 5.97 Å². The van der Waals surface area contributed by atoms with Crippen LogP contribution in [-0.4, -0.2) is 48.6 Å². The molecule has 1 aliphatic rings. The molecule has 1 aromatic carbocycles. The molecule has 0 unspecified atom stereocenters. The van der Waals surface area contributed by atoms with Crippen molar-refractivity contribution >= 4 is 17.6 Å². The standard InChI is InChI=1S/C14H18N2O3/c1-10-4-5-11(14(18)19)12(8-10)16-7-3-6-15(2)13(17)9-16/h4-5,8H,3,6-7,9H2,1-2H3,(H,18,19). The second-order valence-electron chi connectivity index (χ2n) is 4.92. The van der Waals surface area contributed by atoms with Crippen LogP contribution in [0, 0.1) is 6.92 Å². The molecule has 1 amide bonds. The summed E-state index contributed by atoms with van der Waals surface area (Å²) in [6, 6.07) is 5.22. The van der Waals surface area contributed by atoms with E-state index in [1.807, 2.05) is 17.9 Å². The van der Waals surface area contributed by atoms with E-state index in [0.717, 1.165) is 12.0 Å². The first-order chi connectivity index (χ1) is 8.99. The Bertz CT molecular complexity index is 513. The molecule has 1 aromatic rings. The quantitative estimate of drug-likeness (QED) is 0.874. The average Bonchev–Trinajstić information content (AvgIpc) is 2.51. The van der Waals surface area contributed by atoms with Crippen molar-refractivity contribution in [2.75, 3.05) is 31.6 Å². The third-order valence-electron chi connectivity index (χ3n) is 3.40. The van der Waals surface area contributed by atoms with Crippen LogP contribution in [0.25, 0.3) is 0 Å². The summed E-state index contributed by atoms with van der Waals surface area (Å²) in [5.41, 5.74) is 1.88. The average molecular weight is 262 g/mol. The van der Waals surface area contributed by atoms with Gasteiger partial charge in [-0.1, -0.05) is 6.07 Å². The summed E-state index contributed by atoms with van der Waals surface area (Å²) in [5.74, 6) is -0.935. The van der Waals surface area contributed by atoms with Gasteiger partial charge in [-0.2, -0.15) is 0 Å². The van der Waals surface area contributed by atoms with E-state index >= 15 is 0 Å². The molecule has 1 saturated heterocycles. The van der Waals surface area contributed by atoms with Gasteiger partial charge in [-0.05, 0) is 31.0 Å². The van der Waals surface area contributed by atoms with E-state index in [4.69, 9.17) is 0 Å². The molecule has 1 aliphatic heterocycles. The maximum Gasteiger partial charge on any atom is 0.337 e. The van der Waals surface area contributed by atoms with E-state index in [2.05, 4.69) is 0 Å². The SMILES string of the molecule is Cc1ccc(C(=O)O)c(N2CCCN(C)C(=O)C2)c1. The predicted molar refractivity (Wildman–Crippen MR) is 72.6 cm³/mol. The highest BCUT2D eigenvalue weighted by atomic mass is 16.4. The lowest BCUT2D eigenvalue weighted by Gasteiger charge is -2.24. The van der Waals surface area contributed by atoms with E-state index in [0.29, 0.717) is 18.8 Å². The van der Waals surface area contributed by atoms with Crippen molar-refractivity contribution in [2.24, 2.45) is 0 Å². The molecule has 1 fully saturated rings. The predicted octanol–water partition coefficient (Wildman–Crippen LogP) is 1.36. The summed E-state index contributed by atoms with van der Waals surface area (Å²) >= 11 is 0. The number of aromatic carboxylic acids is 1. The Kier molecular flexibility index (Phi) is 3.74. The number of rotatable bonds is 2. The van der Waals surface area contributed by atoms with Crippen LogP contribution in [0.15, 0.2) is 18.2 Å². The van der Waals surface area contributed by atoms with E-state index in [-0.39, 0.29) is 18.0 Å². The smallest absolute Gasteiger partial charge is 0.337 e. The third-order valence-corrected chi connectivity index (χ3v) is 3.40. The first kappa shape index (κ1) is 13.4. The Balaban J connectivity index is 2.37. The van der Waals surface area contributed by atoms with Gasteiger partial charge in [0.15, 0.2) is 0 Å². The van der Waals surface area contributed by atoms with Crippen molar-refractivity contribution in [1.29, 1.82) is 0 Å². The number of amides is 1. The van der Waals surface area contributed by atoms with Crippen molar-refractivity contribution in [3.8, 4) is 0 Å². The molecule has 0 atom stereocenters. The van der Waals surface area contributed by atoms with Gasteiger partial charge in [0.1, 0.15) is 0 Å². The Labute approximate surface area is 112 Å². The van der Waals surface area contributed by atoms with Gasteiger partial charge in [0.05, 0.1) is 17.8 Å². The second kappa shape index (κ2) is 5.30. The Morgan fingerprint density at radius 1 is 1.32 bits per heavy atom. The molecule has 102 valence electrons. The lowest BCUT2D eigenvalue weighted by Crippen LogP contribution is -2.35. The maximum atomic E-state index is 11.9. The van der Waals surface area contributed by atoms with Gasteiger partial charge in [-0.15, -0.1) is 0 Å². The number of hydrogen-bond acceptors (Lipinski definition) is 3. The number of nitrogens with zero attached hydrogens (tertiary/aromatic N) is 2. The van der Waals surface area contributed by atoms with Gasteiger partial charge in [-0.3, -0.25) is 4.79 Å². The fourth-order valence-corrected chi connectivity index (χ4v) is 2.28. The monoisotopic (exact) mass is 262 g/mol. The number of anilines is 1. The van der Waals surface area contributed by atoms with Crippen molar-refractivity contribution in [3.05, 3.63) is 29.3 Å². The zero-order chi connectivity index (χ0) is 14.0. The molecule has 2 rings (SSSR count). The van der Waals surface area contributed by atoms with Crippen LogP contribution in [-0.2, 0) is 4.79 Å². The normalized spacial score (nSPS) is 16.4. The van der Waals surface area contributed by atoms with Crippen LogP contribution in [0.1, 0.15) is 22.3 Å². The lowest BCUT2D eigenvalue weighted by molar-refractivity contribution is -0.127. The molecule has 5 heteroatoms. The van der Waals surface area contributed by atoms with Crippen molar-refractivity contribution in [2.45, 2.75) is 13.3 Å². The van der Waals surface area contributed by atoms with Gasteiger partial charge in [0.25, 0.3) is 0 Å². The number of benzene rings is 1. The zero-order valence-corrected chi connectivity index (χ0v) is 11.2. The summed E-state index contributed by atoms with van der Waals surface area (Å²) in [4.78, 5) is 26.7. The number of likely N-dealkylation sites (N-methyl/N-ethyl adjacent to an activating group) is 1. The van der Waals surface area contributed by atoms with Crippen LogP contribution in [0.3, 0.4) is 0 Å². The minimum absolute atomic E-state index is 0.0235. The molecule has 0 spiro atoms. The molecule has 1 N–H and O–H groups in total. The minimum Gasteiger partial charge on any atom is -0.478 e. The van der Waals surface area contributed by atoms with Crippen LogP contribution < -0.4 is 4.90 Å². The molecular formula is C14H18N2O3. The van der Waals surface area contributed by atoms with Crippen LogP contribution in [0.4, 0.5) is 5.69 Å². The number of carbonyl (C=O) groups excluding carboxylic acids is 1. The van der Waals surface area contributed by atoms with E-state index in [1.54, 1.807) is 24.1 Å². The van der Waals surface area contributed by atoms with Gasteiger partial charge in [-0.25, -0.2) is 4.79 Å². The number of aryl methyl sites for hydroxylation is 1. The Morgan fingerprint density at radius 2 is 2.05 bits per heavy atom. The molecule has 0 saturated carbocycles. The molecule has 5 nitrogen and oxygen atoms in total. The van der Waals surface area contributed by atoms with Gasteiger partial charge in [0, 0.05) is 20.1 Å². The number of carboxylic acid groups (broad SMARTS) is 1. The van der Waals surface area contributed by atoms with E-state index < -0.39 is 5.97 Å². The highest BCUT2D eigenvalue weighted by molar-refractivity contribution is 5.95. The first-order valence-electron chi connectivity index (χ1n) is 6.32. The first-order valence-corrected chi connectivity index (χ1v) is 6.32. The highest BCUT2D eigenvalue weighted by Gasteiger charge is 2.22. The summed E-state index contributed by atoms with van der Waals surface area (Å²) in [6.45, 7) is 3.56. The topological polar surface area (TPSA) is 60.9 Å². The zero-order valence-electron chi connectivity index (χ0n) is 11.2. The van der Waals surface area contributed by atoms with Crippen molar-refractivity contribution < 1.29 is 14.7 Å². The molecule has 0 aromatic heterocycles. The summed E-state index contributed by atoms with van der Waals surface area (Å²) in [5, 5.41) is 9.25. The lowest BCUT2D eigenvalue weighted by atomic mass is 10.1. The van der Waals surface area contributed by atoms with Gasteiger partial charge < -0.3 is 14.9 Å². The largest absolute Gasteiger partial charge is 0.478 e. The summed E-state index contributed by atoms with van der Waals surface area (Å²) in [7, 11) is 1.78. The van der Waals surface area contributed by atoms with Crippen LogP contribution >= 0.6 is 0 Å². The molecule has 0 radical (unpaired) electrons. The summed E-state index contributed by atoms with van der Waals surface area (Å²) in [6.07, 6.45) is 0.843. The number of carboxylic acids is 1. The van der Waals surface area contributed by atoms with E-state index in [9.17, 15) is 14.7 Å². The fraction of sp³-hybridized carbons (Fsp3) is 0.429. The Morgan fingerprint density at radius 3 is 2.74 bits per heavy atom. The van der Waals surface area contributed by atoms with Gasteiger partial charge in [0.2, 0.25) is 5.91 Å². The summed E-state index contributed by atoms with van der Waals surface area (Å²) < 4.78 is 0. The Hall–Kier alpha value is -2.04. The van der Waals surface area contributed by atoms with Crippen molar-refractivity contribution in [1.82, 2.24) is 4.90 Å². The maximum absolute atomic E-state index is 11.9. The third kappa shape index (κ3) is 2.86. The highest BCUT2D eigenvalue weighted by Crippen LogP contribution is 2.23. The van der Waals surface area contributed by atoms with Crippen molar-refractivity contribution in [3.63, 3.8) is 0 Å². The minimum atomic E-state index is -0.958. The molecule has 19 heavy (non-hydrogen) atoms. The van der Waals surface area contributed by atoms with Crippen LogP contribution in [0.2, 0.25) is 0 Å². The van der Waals surface area contributed by atoms with E-state index in [1.165, 1.54) is 0 Å². The molecule has 0 aliphatic carbocycles. The number of carbonyl (C=O) groups is 2. The molecule has 0 bridgehead atoms. The molecule has 1 heterocycles. The fourth-order valence-electron chi connectivity index (χ4n) is 2.28. The molecular weight excluding hydrogens is 244 g/mol. The second-order valence-corrected chi connectivity index (χ2v) is 4.92.